The lowest BCUT2D eigenvalue weighted by Gasteiger charge is -2.11. The minimum Gasteiger partial charge on any atom is -0.254 e. The monoisotopic (exact) mass is 397 g/mol. The van der Waals surface area contributed by atoms with E-state index >= 15 is 0 Å². The molecule has 0 spiro atoms. The molecule has 0 fully saturated rings. The van der Waals surface area contributed by atoms with Crippen molar-refractivity contribution >= 4 is 11.5 Å². The van der Waals surface area contributed by atoms with Crippen molar-refractivity contribution in [3.63, 3.8) is 0 Å². The van der Waals surface area contributed by atoms with Gasteiger partial charge >= 0.3 is 0 Å². The molecule has 10 heteroatoms. The van der Waals surface area contributed by atoms with Crippen molar-refractivity contribution in [2.45, 2.75) is 0 Å². The average Bonchev–Trinajstić information content (AvgIpc) is 3.35. The smallest absolute Gasteiger partial charge is 0.161 e. The van der Waals surface area contributed by atoms with Gasteiger partial charge in [0.25, 0.3) is 0 Å². The quantitative estimate of drug-likeness (QED) is 0.451. The molecule has 0 saturated heterocycles. The number of aromatic nitrogens is 9. The number of rotatable bonds is 4. The maximum atomic E-state index is 4.58. The highest BCUT2D eigenvalue weighted by Crippen LogP contribution is 2.36. The normalized spacial score (nSPS) is 10.8. The van der Waals surface area contributed by atoms with E-state index in [-0.39, 0.29) is 0 Å². The van der Waals surface area contributed by atoms with E-state index < -0.39 is 0 Å². The van der Waals surface area contributed by atoms with Crippen LogP contribution in [0, 0.1) is 0 Å². The van der Waals surface area contributed by atoms with E-state index in [0.717, 1.165) is 16.0 Å². The van der Waals surface area contributed by atoms with E-state index in [1.807, 2.05) is 18.2 Å². The van der Waals surface area contributed by atoms with Gasteiger partial charge < -0.3 is 0 Å². The standard InChI is InChI=1S/C19H11N9S/c1-3-13(19-23-6-2-7-24-19)17(20-5-1)18-16(21-9-10-22-18)12-4-8-25-27-15(12)14-11-26-28-29-14/h1-11H. The summed E-state index contributed by atoms with van der Waals surface area (Å²) in [5.41, 5.74) is 4.02. The molecule has 138 valence electrons. The van der Waals surface area contributed by atoms with Crippen LogP contribution in [0.3, 0.4) is 0 Å². The van der Waals surface area contributed by atoms with Crippen molar-refractivity contribution in [1.82, 2.24) is 44.7 Å². The Morgan fingerprint density at radius 3 is 2.21 bits per heavy atom. The third kappa shape index (κ3) is 3.21. The topological polar surface area (TPSA) is 116 Å². The zero-order valence-corrected chi connectivity index (χ0v) is 15.6. The molecule has 0 saturated carbocycles. The molecular formula is C19H11N9S. The summed E-state index contributed by atoms with van der Waals surface area (Å²) in [4.78, 5) is 23.2. The van der Waals surface area contributed by atoms with Crippen molar-refractivity contribution in [1.29, 1.82) is 0 Å². The highest BCUT2D eigenvalue weighted by molar-refractivity contribution is 7.09. The summed E-state index contributed by atoms with van der Waals surface area (Å²) in [6.07, 6.45) is 11.6. The molecule has 5 rings (SSSR count). The molecule has 5 aromatic rings. The number of pyridine rings is 1. The molecule has 0 aliphatic heterocycles. The molecule has 0 radical (unpaired) electrons. The summed E-state index contributed by atoms with van der Waals surface area (Å²) >= 11 is 1.24. The molecule has 0 amide bonds. The lowest BCUT2D eigenvalue weighted by molar-refractivity contribution is 1.04. The van der Waals surface area contributed by atoms with Gasteiger partial charge in [-0.1, -0.05) is 4.49 Å². The van der Waals surface area contributed by atoms with Gasteiger partial charge in [0.05, 0.1) is 17.3 Å². The van der Waals surface area contributed by atoms with Gasteiger partial charge in [-0.05, 0) is 35.8 Å². The van der Waals surface area contributed by atoms with Crippen LogP contribution in [0.4, 0.5) is 0 Å². The van der Waals surface area contributed by atoms with Gasteiger partial charge in [0.2, 0.25) is 0 Å². The Kier molecular flexibility index (Phi) is 4.43. The fourth-order valence-electron chi connectivity index (χ4n) is 2.90. The molecular weight excluding hydrogens is 386 g/mol. The molecule has 0 N–H and O–H groups in total. The molecule has 0 aromatic carbocycles. The second kappa shape index (κ2) is 7.52. The number of hydrogen-bond acceptors (Lipinski definition) is 10. The van der Waals surface area contributed by atoms with Crippen LogP contribution < -0.4 is 0 Å². The lowest BCUT2D eigenvalue weighted by Crippen LogP contribution is -2.00. The zero-order valence-electron chi connectivity index (χ0n) is 14.8. The molecule has 0 atom stereocenters. The molecule has 0 unspecified atom stereocenters. The molecule has 9 nitrogen and oxygen atoms in total. The van der Waals surface area contributed by atoms with Gasteiger partial charge in [0.15, 0.2) is 5.82 Å². The molecule has 0 aliphatic rings. The Hall–Kier alpha value is -4.05. The van der Waals surface area contributed by atoms with Crippen molar-refractivity contribution in [3.8, 4) is 44.6 Å². The summed E-state index contributed by atoms with van der Waals surface area (Å²) in [6.45, 7) is 0. The predicted molar refractivity (Wildman–Crippen MR) is 106 cm³/mol. The average molecular weight is 397 g/mol. The number of hydrogen-bond donors (Lipinski definition) is 0. The van der Waals surface area contributed by atoms with Gasteiger partial charge in [-0.15, -0.1) is 10.2 Å². The van der Waals surface area contributed by atoms with Crippen LogP contribution in [0.25, 0.3) is 44.6 Å². The highest BCUT2D eigenvalue weighted by atomic mass is 32.1. The minimum atomic E-state index is 0.562. The Morgan fingerprint density at radius 1 is 0.586 bits per heavy atom. The van der Waals surface area contributed by atoms with E-state index in [0.29, 0.717) is 28.6 Å². The van der Waals surface area contributed by atoms with Crippen molar-refractivity contribution in [3.05, 3.63) is 67.6 Å². The first-order valence-electron chi connectivity index (χ1n) is 8.55. The van der Waals surface area contributed by atoms with Crippen LogP contribution in [0.5, 0.6) is 0 Å². The fourth-order valence-corrected chi connectivity index (χ4v) is 3.41. The summed E-state index contributed by atoms with van der Waals surface area (Å²) in [7, 11) is 0. The summed E-state index contributed by atoms with van der Waals surface area (Å²) in [5, 5.41) is 12.2. The summed E-state index contributed by atoms with van der Waals surface area (Å²) in [6, 6.07) is 7.37. The van der Waals surface area contributed by atoms with Gasteiger partial charge in [0, 0.05) is 42.1 Å². The Morgan fingerprint density at radius 2 is 1.38 bits per heavy atom. The molecule has 0 aliphatic carbocycles. The van der Waals surface area contributed by atoms with E-state index in [1.165, 1.54) is 11.5 Å². The molecule has 29 heavy (non-hydrogen) atoms. The minimum absolute atomic E-state index is 0.562. The van der Waals surface area contributed by atoms with Gasteiger partial charge in [-0.25, -0.2) is 9.97 Å². The van der Waals surface area contributed by atoms with Crippen LogP contribution in [0.1, 0.15) is 0 Å². The molecule has 5 heterocycles. The third-order valence-electron chi connectivity index (χ3n) is 4.11. The van der Waals surface area contributed by atoms with Gasteiger partial charge in [0.1, 0.15) is 22.8 Å². The maximum Gasteiger partial charge on any atom is 0.161 e. The van der Waals surface area contributed by atoms with Crippen molar-refractivity contribution in [2.24, 2.45) is 0 Å². The zero-order chi connectivity index (χ0) is 19.5. The SMILES string of the molecule is c1cnc(-c2cccnc2-c2nccnc2-c2ccnnc2-c2cnns2)nc1. The highest BCUT2D eigenvalue weighted by Gasteiger charge is 2.21. The lowest BCUT2D eigenvalue weighted by atomic mass is 10.0. The first kappa shape index (κ1) is 17.1. The van der Waals surface area contributed by atoms with Crippen LogP contribution in [-0.2, 0) is 0 Å². The van der Waals surface area contributed by atoms with Gasteiger partial charge in [-0.3, -0.25) is 15.0 Å². The predicted octanol–water partition coefficient (Wildman–Crippen LogP) is 2.97. The van der Waals surface area contributed by atoms with E-state index in [4.69, 9.17) is 0 Å². The van der Waals surface area contributed by atoms with Gasteiger partial charge in [-0.2, -0.15) is 5.10 Å². The van der Waals surface area contributed by atoms with E-state index in [2.05, 4.69) is 44.7 Å². The second-order valence-corrected chi connectivity index (χ2v) is 6.59. The van der Waals surface area contributed by atoms with Crippen LogP contribution in [0.2, 0.25) is 0 Å². The Balaban J connectivity index is 1.74. The summed E-state index contributed by atoms with van der Waals surface area (Å²) in [5.74, 6) is 0.562. The summed E-state index contributed by atoms with van der Waals surface area (Å²) < 4.78 is 3.93. The largest absolute Gasteiger partial charge is 0.254 e. The van der Waals surface area contributed by atoms with Crippen LogP contribution in [0.15, 0.2) is 67.6 Å². The molecule has 0 bridgehead atoms. The first-order chi connectivity index (χ1) is 14.4. The van der Waals surface area contributed by atoms with E-state index in [9.17, 15) is 0 Å². The third-order valence-corrected chi connectivity index (χ3v) is 4.78. The molecule has 5 aromatic heterocycles. The Bertz CT molecular complexity index is 1260. The van der Waals surface area contributed by atoms with Crippen molar-refractivity contribution in [2.75, 3.05) is 0 Å². The van der Waals surface area contributed by atoms with E-state index in [1.54, 1.807) is 49.4 Å². The van der Waals surface area contributed by atoms with Crippen molar-refractivity contribution < 1.29 is 0 Å². The maximum absolute atomic E-state index is 4.58. The number of nitrogens with zero attached hydrogens (tertiary/aromatic N) is 9. The first-order valence-corrected chi connectivity index (χ1v) is 9.33. The second-order valence-electron chi connectivity index (χ2n) is 5.80. The van der Waals surface area contributed by atoms with Crippen LogP contribution in [-0.4, -0.2) is 44.7 Å². The fraction of sp³-hybridized carbons (Fsp3) is 0. The van der Waals surface area contributed by atoms with Crippen LogP contribution >= 0.6 is 11.5 Å². The Labute approximate surface area is 168 Å².